The van der Waals surface area contributed by atoms with Gasteiger partial charge in [0.05, 0.1) is 0 Å². The van der Waals surface area contributed by atoms with Gasteiger partial charge < -0.3 is 5.73 Å². The lowest BCUT2D eigenvalue weighted by Crippen LogP contribution is -2.32. The molecule has 2 N–H and O–H groups in total. The normalized spacial score (nSPS) is 14.2. The van der Waals surface area contributed by atoms with Crippen LogP contribution in [0.2, 0.25) is 5.02 Å². The first-order valence-electron chi connectivity index (χ1n) is 7.27. The van der Waals surface area contributed by atoms with Crippen molar-refractivity contribution in [2.45, 2.75) is 25.9 Å². The lowest BCUT2D eigenvalue weighted by atomic mass is 10.00. The molecule has 112 valence electrons. The maximum atomic E-state index is 6.02. The Kier molecular flexibility index (Phi) is 5.40. The van der Waals surface area contributed by atoms with Crippen LogP contribution < -0.4 is 5.73 Å². The van der Waals surface area contributed by atoms with Gasteiger partial charge in [-0.3, -0.25) is 4.90 Å². The van der Waals surface area contributed by atoms with E-state index in [9.17, 15) is 0 Å². The molecule has 21 heavy (non-hydrogen) atoms. The molecule has 0 aliphatic rings. The monoisotopic (exact) mass is 302 g/mol. The van der Waals surface area contributed by atoms with Crippen molar-refractivity contribution in [3.63, 3.8) is 0 Å². The number of hydrogen-bond acceptors (Lipinski definition) is 2. The van der Waals surface area contributed by atoms with Gasteiger partial charge in [0.1, 0.15) is 0 Å². The number of likely N-dealkylation sites (N-methyl/N-ethyl adjacent to an activating group) is 1. The zero-order valence-electron chi connectivity index (χ0n) is 12.9. The first-order valence-corrected chi connectivity index (χ1v) is 7.64. The highest BCUT2D eigenvalue weighted by Gasteiger charge is 2.21. The average molecular weight is 303 g/mol. The molecule has 2 nitrogen and oxygen atoms in total. The minimum atomic E-state index is 0.205. The number of aryl methyl sites for hydroxylation is 1. The molecule has 0 saturated heterocycles. The fourth-order valence-corrected chi connectivity index (χ4v) is 2.70. The maximum Gasteiger partial charge on any atom is 0.0473 e. The largest absolute Gasteiger partial charge is 0.329 e. The summed E-state index contributed by atoms with van der Waals surface area (Å²) in [5.74, 6) is 0. The van der Waals surface area contributed by atoms with Gasteiger partial charge in [0, 0.05) is 23.7 Å². The Hall–Kier alpha value is -1.35. The van der Waals surface area contributed by atoms with Crippen molar-refractivity contribution in [2.75, 3.05) is 13.6 Å². The Bertz CT molecular complexity index is 563. The number of benzene rings is 2. The van der Waals surface area contributed by atoms with Crippen LogP contribution in [0.4, 0.5) is 0 Å². The summed E-state index contributed by atoms with van der Waals surface area (Å²) in [7, 11) is 2.12. The van der Waals surface area contributed by atoms with Gasteiger partial charge in [0.15, 0.2) is 0 Å². The molecule has 0 aromatic heterocycles. The van der Waals surface area contributed by atoms with Crippen molar-refractivity contribution in [3.8, 4) is 0 Å². The quantitative estimate of drug-likeness (QED) is 0.890. The third-order valence-corrected chi connectivity index (χ3v) is 4.39. The number of hydrogen-bond donors (Lipinski definition) is 1. The molecule has 0 aliphatic carbocycles. The zero-order chi connectivity index (χ0) is 15.4. The molecule has 2 rings (SSSR count). The molecular formula is C18H23ClN2. The molecule has 2 aromatic rings. The van der Waals surface area contributed by atoms with Crippen LogP contribution in [0.15, 0.2) is 48.5 Å². The topological polar surface area (TPSA) is 29.3 Å². The van der Waals surface area contributed by atoms with Crippen LogP contribution in [-0.4, -0.2) is 18.5 Å². The third kappa shape index (κ3) is 3.85. The Balaban J connectivity index is 2.21. The van der Waals surface area contributed by atoms with E-state index in [1.54, 1.807) is 0 Å². The van der Waals surface area contributed by atoms with E-state index in [-0.39, 0.29) is 12.1 Å². The van der Waals surface area contributed by atoms with Crippen molar-refractivity contribution >= 4 is 11.6 Å². The molecule has 2 atom stereocenters. The molecule has 0 fully saturated rings. The molecule has 0 amide bonds. The molecule has 0 radical (unpaired) electrons. The van der Waals surface area contributed by atoms with E-state index in [1.807, 2.05) is 12.1 Å². The highest BCUT2D eigenvalue weighted by molar-refractivity contribution is 6.30. The Labute approximate surface area is 132 Å². The molecule has 0 bridgehead atoms. The minimum absolute atomic E-state index is 0.205. The fourth-order valence-electron chi connectivity index (χ4n) is 2.57. The summed E-state index contributed by atoms with van der Waals surface area (Å²) in [6.07, 6.45) is 0. The van der Waals surface area contributed by atoms with Crippen LogP contribution in [0.5, 0.6) is 0 Å². The van der Waals surface area contributed by atoms with E-state index in [2.05, 4.69) is 62.2 Å². The van der Waals surface area contributed by atoms with E-state index in [1.165, 1.54) is 16.7 Å². The summed E-state index contributed by atoms with van der Waals surface area (Å²) in [5.41, 5.74) is 9.79. The predicted octanol–water partition coefficient (Wildman–Crippen LogP) is 4.34. The second-order valence-corrected chi connectivity index (χ2v) is 5.99. The number of nitrogens with zero attached hydrogens (tertiary/aromatic N) is 1. The van der Waals surface area contributed by atoms with Gasteiger partial charge in [-0.1, -0.05) is 53.6 Å². The maximum absolute atomic E-state index is 6.02. The van der Waals surface area contributed by atoms with E-state index in [4.69, 9.17) is 17.3 Å². The Morgan fingerprint density at radius 2 is 1.52 bits per heavy atom. The molecule has 3 heteroatoms. The first-order chi connectivity index (χ1) is 10.0. The van der Waals surface area contributed by atoms with Crippen LogP contribution >= 0.6 is 11.6 Å². The number of nitrogens with two attached hydrogens (primary N) is 1. The Morgan fingerprint density at radius 3 is 2.05 bits per heavy atom. The molecule has 0 heterocycles. The summed E-state index contributed by atoms with van der Waals surface area (Å²) in [6.45, 7) is 4.89. The molecular weight excluding hydrogens is 280 g/mol. The van der Waals surface area contributed by atoms with Crippen LogP contribution in [0.1, 0.15) is 35.7 Å². The summed E-state index contributed by atoms with van der Waals surface area (Å²) in [6, 6.07) is 17.1. The summed E-state index contributed by atoms with van der Waals surface area (Å²) >= 11 is 5.96. The molecule has 0 aliphatic heterocycles. The standard InChI is InChI=1S/C18H23ClN2/c1-13-4-6-16(7-5-13)18(12-20)21(3)14(2)15-8-10-17(19)11-9-15/h4-11,14,18H,12,20H2,1-3H3. The number of halogens is 1. The van der Waals surface area contributed by atoms with Gasteiger partial charge in [0.2, 0.25) is 0 Å². The van der Waals surface area contributed by atoms with Gasteiger partial charge in [-0.25, -0.2) is 0 Å². The molecule has 0 saturated carbocycles. The highest BCUT2D eigenvalue weighted by Crippen LogP contribution is 2.29. The second kappa shape index (κ2) is 7.08. The number of rotatable bonds is 5. The first kappa shape index (κ1) is 16.0. The predicted molar refractivity (Wildman–Crippen MR) is 90.6 cm³/mol. The van der Waals surface area contributed by atoms with Gasteiger partial charge in [0.25, 0.3) is 0 Å². The van der Waals surface area contributed by atoms with E-state index in [0.29, 0.717) is 6.54 Å². The average Bonchev–Trinajstić information content (AvgIpc) is 2.50. The molecule has 2 aromatic carbocycles. The van der Waals surface area contributed by atoms with Crippen molar-refractivity contribution in [1.82, 2.24) is 4.90 Å². The van der Waals surface area contributed by atoms with Crippen LogP contribution in [0, 0.1) is 6.92 Å². The van der Waals surface area contributed by atoms with Crippen LogP contribution in [0.25, 0.3) is 0 Å². The summed E-state index contributed by atoms with van der Waals surface area (Å²) in [4.78, 5) is 2.31. The zero-order valence-corrected chi connectivity index (χ0v) is 13.6. The molecule has 2 unspecified atom stereocenters. The van der Waals surface area contributed by atoms with E-state index >= 15 is 0 Å². The van der Waals surface area contributed by atoms with Crippen molar-refractivity contribution in [1.29, 1.82) is 0 Å². The summed E-state index contributed by atoms with van der Waals surface area (Å²) < 4.78 is 0. The van der Waals surface area contributed by atoms with Gasteiger partial charge in [-0.2, -0.15) is 0 Å². The smallest absolute Gasteiger partial charge is 0.0473 e. The SMILES string of the molecule is Cc1ccc(C(CN)N(C)C(C)c2ccc(Cl)cc2)cc1. The van der Waals surface area contributed by atoms with E-state index in [0.717, 1.165) is 5.02 Å². The Morgan fingerprint density at radius 1 is 1.00 bits per heavy atom. The van der Waals surface area contributed by atoms with Crippen LogP contribution in [0.3, 0.4) is 0 Å². The lowest BCUT2D eigenvalue weighted by molar-refractivity contribution is 0.190. The summed E-state index contributed by atoms with van der Waals surface area (Å²) in [5, 5.41) is 0.766. The third-order valence-electron chi connectivity index (χ3n) is 4.14. The van der Waals surface area contributed by atoms with Crippen LogP contribution in [-0.2, 0) is 0 Å². The fraction of sp³-hybridized carbons (Fsp3) is 0.333. The van der Waals surface area contributed by atoms with Crippen molar-refractivity contribution in [2.24, 2.45) is 5.73 Å². The van der Waals surface area contributed by atoms with E-state index < -0.39 is 0 Å². The minimum Gasteiger partial charge on any atom is -0.329 e. The lowest BCUT2D eigenvalue weighted by Gasteiger charge is -2.33. The van der Waals surface area contributed by atoms with Gasteiger partial charge >= 0.3 is 0 Å². The van der Waals surface area contributed by atoms with Gasteiger partial charge in [-0.05, 0) is 44.2 Å². The van der Waals surface area contributed by atoms with Crippen molar-refractivity contribution in [3.05, 3.63) is 70.2 Å². The second-order valence-electron chi connectivity index (χ2n) is 5.56. The van der Waals surface area contributed by atoms with Crippen molar-refractivity contribution < 1.29 is 0 Å². The molecule has 0 spiro atoms. The highest BCUT2D eigenvalue weighted by atomic mass is 35.5. The van der Waals surface area contributed by atoms with Gasteiger partial charge in [-0.15, -0.1) is 0 Å².